The van der Waals surface area contributed by atoms with Gasteiger partial charge in [-0.25, -0.2) is 0 Å². The van der Waals surface area contributed by atoms with Crippen LogP contribution in [0.4, 0.5) is 5.69 Å². The first-order chi connectivity index (χ1) is 13.0. The van der Waals surface area contributed by atoms with Gasteiger partial charge in [0.15, 0.2) is 0 Å². The van der Waals surface area contributed by atoms with Crippen molar-refractivity contribution >= 4 is 40.4 Å². The average molecular weight is 409 g/mol. The standard InChI is InChI=1S/C19H21ClN2O4S/c1-25-16-3-2-14(20)10-15(16)22-18(24)17(23)21-12-19(5-7-26-8-6-19)13-4-9-27-11-13/h2-4,9-11H,5-8,12H2,1H3,(H,21,23)(H,22,24). The Morgan fingerprint density at radius 3 is 2.70 bits per heavy atom. The van der Waals surface area contributed by atoms with E-state index in [2.05, 4.69) is 22.1 Å². The smallest absolute Gasteiger partial charge is 0.313 e. The van der Waals surface area contributed by atoms with Gasteiger partial charge in [-0.05, 0) is 53.4 Å². The van der Waals surface area contributed by atoms with Crippen LogP contribution in [0.5, 0.6) is 5.75 Å². The molecule has 0 spiro atoms. The van der Waals surface area contributed by atoms with Crippen LogP contribution in [0.2, 0.25) is 5.02 Å². The first-order valence-electron chi connectivity index (χ1n) is 8.57. The van der Waals surface area contributed by atoms with E-state index in [1.165, 1.54) is 18.7 Å². The average Bonchev–Trinajstić information content (AvgIpc) is 3.22. The van der Waals surface area contributed by atoms with E-state index in [0.29, 0.717) is 36.2 Å². The van der Waals surface area contributed by atoms with Crippen LogP contribution in [0.3, 0.4) is 0 Å². The van der Waals surface area contributed by atoms with Gasteiger partial charge in [0.05, 0.1) is 12.8 Å². The van der Waals surface area contributed by atoms with Crippen LogP contribution in [0, 0.1) is 0 Å². The summed E-state index contributed by atoms with van der Waals surface area (Å²) in [7, 11) is 1.48. The summed E-state index contributed by atoms with van der Waals surface area (Å²) in [5, 5.41) is 9.88. The van der Waals surface area contributed by atoms with E-state index in [4.69, 9.17) is 21.1 Å². The number of benzene rings is 1. The first kappa shape index (κ1) is 19.7. The van der Waals surface area contributed by atoms with Crippen LogP contribution < -0.4 is 15.4 Å². The highest BCUT2D eigenvalue weighted by molar-refractivity contribution is 7.08. The van der Waals surface area contributed by atoms with Crippen molar-refractivity contribution < 1.29 is 19.1 Å². The zero-order valence-corrected chi connectivity index (χ0v) is 16.5. The van der Waals surface area contributed by atoms with Gasteiger partial charge in [0.2, 0.25) is 0 Å². The Hall–Kier alpha value is -2.09. The van der Waals surface area contributed by atoms with E-state index >= 15 is 0 Å². The van der Waals surface area contributed by atoms with Gasteiger partial charge in [0.1, 0.15) is 5.75 Å². The molecule has 2 N–H and O–H groups in total. The van der Waals surface area contributed by atoms with Gasteiger partial charge in [0, 0.05) is 30.2 Å². The van der Waals surface area contributed by atoms with E-state index in [1.54, 1.807) is 23.5 Å². The quantitative estimate of drug-likeness (QED) is 0.745. The second-order valence-corrected chi connectivity index (χ2v) is 7.60. The number of halogens is 1. The van der Waals surface area contributed by atoms with Crippen LogP contribution in [0.1, 0.15) is 18.4 Å². The largest absolute Gasteiger partial charge is 0.495 e. The molecule has 1 aliphatic heterocycles. The van der Waals surface area contributed by atoms with E-state index in [1.807, 2.05) is 5.38 Å². The summed E-state index contributed by atoms with van der Waals surface area (Å²) in [5.74, 6) is -1.03. The van der Waals surface area contributed by atoms with E-state index in [9.17, 15) is 9.59 Å². The summed E-state index contributed by atoms with van der Waals surface area (Å²) in [5.41, 5.74) is 1.32. The van der Waals surface area contributed by atoms with Crippen molar-refractivity contribution in [3.63, 3.8) is 0 Å². The number of hydrogen-bond acceptors (Lipinski definition) is 5. The van der Waals surface area contributed by atoms with Crippen molar-refractivity contribution in [3.8, 4) is 5.75 Å². The molecule has 0 saturated carbocycles. The van der Waals surface area contributed by atoms with Crippen molar-refractivity contribution in [2.24, 2.45) is 0 Å². The molecule has 144 valence electrons. The summed E-state index contributed by atoms with van der Waals surface area (Å²) in [6.45, 7) is 1.65. The minimum absolute atomic E-state index is 0.206. The van der Waals surface area contributed by atoms with Crippen molar-refractivity contribution in [1.82, 2.24) is 5.32 Å². The van der Waals surface area contributed by atoms with Crippen LogP contribution in [0.15, 0.2) is 35.0 Å². The zero-order valence-electron chi connectivity index (χ0n) is 14.9. The third kappa shape index (κ3) is 4.61. The maximum atomic E-state index is 12.4. The van der Waals surface area contributed by atoms with Crippen LogP contribution >= 0.6 is 22.9 Å². The minimum Gasteiger partial charge on any atom is -0.495 e. The molecule has 1 aliphatic rings. The van der Waals surface area contributed by atoms with Gasteiger partial charge in [-0.3, -0.25) is 9.59 Å². The van der Waals surface area contributed by atoms with Crippen molar-refractivity contribution in [2.75, 3.05) is 32.2 Å². The highest BCUT2D eigenvalue weighted by Gasteiger charge is 2.35. The van der Waals surface area contributed by atoms with Gasteiger partial charge in [0.25, 0.3) is 0 Å². The highest BCUT2D eigenvalue weighted by atomic mass is 35.5. The molecule has 0 radical (unpaired) electrons. The Morgan fingerprint density at radius 2 is 2.04 bits per heavy atom. The fourth-order valence-electron chi connectivity index (χ4n) is 3.18. The molecule has 1 saturated heterocycles. The maximum Gasteiger partial charge on any atom is 0.313 e. The molecule has 2 aromatic rings. The van der Waals surface area contributed by atoms with Crippen molar-refractivity contribution in [3.05, 3.63) is 45.6 Å². The predicted octanol–water partition coefficient (Wildman–Crippen LogP) is 3.21. The number of carbonyl (C=O) groups excluding carboxylic acids is 2. The molecule has 0 bridgehead atoms. The number of amides is 2. The van der Waals surface area contributed by atoms with Gasteiger partial charge < -0.3 is 20.1 Å². The summed E-state index contributed by atoms with van der Waals surface area (Å²) in [6, 6.07) is 6.88. The van der Waals surface area contributed by atoms with Gasteiger partial charge in [-0.2, -0.15) is 11.3 Å². The number of thiophene rings is 1. The lowest BCUT2D eigenvalue weighted by atomic mass is 9.75. The molecule has 0 aliphatic carbocycles. The molecule has 6 nitrogen and oxygen atoms in total. The lowest BCUT2D eigenvalue weighted by Gasteiger charge is -2.37. The molecule has 2 amide bonds. The molecule has 2 heterocycles. The Labute approximate surface area is 166 Å². The normalized spacial score (nSPS) is 15.8. The molecular formula is C19H21ClN2O4S. The van der Waals surface area contributed by atoms with Gasteiger partial charge in [-0.15, -0.1) is 0 Å². The van der Waals surface area contributed by atoms with Gasteiger partial charge in [-0.1, -0.05) is 11.6 Å². The van der Waals surface area contributed by atoms with Crippen molar-refractivity contribution in [1.29, 1.82) is 0 Å². The molecule has 0 unspecified atom stereocenters. The zero-order chi connectivity index (χ0) is 19.3. The summed E-state index contributed by atoms with van der Waals surface area (Å²) < 4.78 is 10.7. The molecular weight excluding hydrogens is 388 g/mol. The summed E-state index contributed by atoms with van der Waals surface area (Å²) >= 11 is 7.58. The maximum absolute atomic E-state index is 12.4. The number of anilines is 1. The molecule has 0 atom stereocenters. The second kappa shape index (κ2) is 8.73. The fraction of sp³-hybridized carbons (Fsp3) is 0.368. The Kier molecular flexibility index (Phi) is 6.36. The van der Waals surface area contributed by atoms with Crippen LogP contribution in [-0.4, -0.2) is 38.7 Å². The van der Waals surface area contributed by atoms with Gasteiger partial charge >= 0.3 is 11.8 Å². The first-order valence-corrected chi connectivity index (χ1v) is 9.89. The SMILES string of the molecule is COc1ccc(Cl)cc1NC(=O)C(=O)NCC1(c2ccsc2)CCOCC1. The van der Waals surface area contributed by atoms with E-state index in [0.717, 1.165) is 12.8 Å². The number of rotatable bonds is 5. The highest BCUT2D eigenvalue weighted by Crippen LogP contribution is 2.35. The predicted molar refractivity (Wildman–Crippen MR) is 106 cm³/mol. The minimum atomic E-state index is -0.761. The third-order valence-corrected chi connectivity index (χ3v) is 5.71. The number of ether oxygens (including phenoxy) is 2. The fourth-order valence-corrected chi connectivity index (χ4v) is 4.13. The summed E-state index contributed by atoms with van der Waals surface area (Å²) in [6.07, 6.45) is 1.60. The van der Waals surface area contributed by atoms with Crippen LogP contribution in [0.25, 0.3) is 0 Å². The van der Waals surface area contributed by atoms with Crippen molar-refractivity contribution in [2.45, 2.75) is 18.3 Å². The molecule has 3 rings (SSSR count). The lowest BCUT2D eigenvalue weighted by Crippen LogP contribution is -2.47. The molecule has 1 aromatic heterocycles. The van der Waals surface area contributed by atoms with E-state index < -0.39 is 11.8 Å². The number of hydrogen-bond donors (Lipinski definition) is 2. The number of carbonyl (C=O) groups is 2. The Balaban J connectivity index is 1.66. The monoisotopic (exact) mass is 408 g/mol. The lowest BCUT2D eigenvalue weighted by molar-refractivity contribution is -0.136. The molecule has 27 heavy (non-hydrogen) atoms. The molecule has 1 aromatic carbocycles. The topological polar surface area (TPSA) is 76.7 Å². The van der Waals surface area contributed by atoms with E-state index in [-0.39, 0.29) is 5.41 Å². The summed E-state index contributed by atoms with van der Waals surface area (Å²) in [4.78, 5) is 24.7. The number of nitrogens with one attached hydrogen (secondary N) is 2. The third-order valence-electron chi connectivity index (χ3n) is 4.79. The second-order valence-electron chi connectivity index (χ2n) is 6.39. The molecule has 1 fully saturated rings. The Morgan fingerprint density at radius 1 is 1.26 bits per heavy atom. The number of methoxy groups -OCH3 is 1. The van der Waals surface area contributed by atoms with Crippen LogP contribution in [-0.2, 0) is 19.7 Å². The Bertz CT molecular complexity index is 804. The molecule has 8 heteroatoms.